The quantitative estimate of drug-likeness (QED) is 0.782. The summed E-state index contributed by atoms with van der Waals surface area (Å²) in [5, 5.41) is 12.3. The van der Waals surface area contributed by atoms with Crippen LogP contribution in [0, 0.1) is 13.8 Å². The molecule has 4 rings (SSSR count). The van der Waals surface area contributed by atoms with E-state index in [1.54, 1.807) is 18.2 Å². The third-order valence-corrected chi connectivity index (χ3v) is 5.21. The molecule has 3 amide bonds. The van der Waals surface area contributed by atoms with Gasteiger partial charge >= 0.3 is 0 Å². The van der Waals surface area contributed by atoms with Gasteiger partial charge < -0.3 is 5.32 Å². The van der Waals surface area contributed by atoms with Gasteiger partial charge in [0.2, 0.25) is 5.91 Å². The summed E-state index contributed by atoms with van der Waals surface area (Å²) in [5.74, 6) is -1.31. The molecular formula is C20H18ClN5O3. The van der Waals surface area contributed by atoms with Gasteiger partial charge in [-0.3, -0.25) is 19.4 Å². The van der Waals surface area contributed by atoms with E-state index >= 15 is 0 Å². The summed E-state index contributed by atoms with van der Waals surface area (Å²) in [5.41, 5.74) is 2.95. The van der Waals surface area contributed by atoms with Gasteiger partial charge in [0, 0.05) is 10.7 Å². The van der Waals surface area contributed by atoms with Crippen molar-refractivity contribution < 1.29 is 14.4 Å². The second-order valence-electron chi connectivity index (χ2n) is 7.00. The molecule has 8 nitrogen and oxygen atoms in total. The zero-order valence-electron chi connectivity index (χ0n) is 15.8. The van der Waals surface area contributed by atoms with Crippen molar-refractivity contribution in [1.29, 1.82) is 0 Å². The summed E-state index contributed by atoms with van der Waals surface area (Å²) in [4.78, 5) is 39.3. The van der Waals surface area contributed by atoms with Crippen LogP contribution < -0.4 is 10.2 Å². The van der Waals surface area contributed by atoms with Gasteiger partial charge in [-0.15, -0.1) is 0 Å². The SMILES string of the molecule is Cc1cccc(C)c1NC(=O)CN1N=N[C@H]2C(=O)N(c3cccc(Cl)c3)C(=O)[C@@H]21. The molecule has 2 aromatic carbocycles. The van der Waals surface area contributed by atoms with Crippen LogP contribution in [0.3, 0.4) is 0 Å². The lowest BCUT2D eigenvalue weighted by Gasteiger charge is -2.20. The Morgan fingerprint density at radius 3 is 2.48 bits per heavy atom. The number of benzene rings is 2. The third-order valence-electron chi connectivity index (χ3n) is 4.98. The molecule has 1 fully saturated rings. The first kappa shape index (κ1) is 19.1. The highest BCUT2D eigenvalue weighted by molar-refractivity contribution is 6.31. The number of amides is 3. The van der Waals surface area contributed by atoms with Crippen molar-refractivity contribution >= 4 is 40.7 Å². The second-order valence-corrected chi connectivity index (χ2v) is 7.44. The Balaban J connectivity index is 1.51. The zero-order chi connectivity index (χ0) is 20.7. The fourth-order valence-corrected chi connectivity index (χ4v) is 3.75. The number of anilines is 2. The van der Waals surface area contributed by atoms with Crippen LogP contribution in [0.25, 0.3) is 0 Å². The number of halogens is 1. The van der Waals surface area contributed by atoms with E-state index in [2.05, 4.69) is 15.7 Å². The molecule has 0 aliphatic carbocycles. The van der Waals surface area contributed by atoms with E-state index in [9.17, 15) is 14.4 Å². The summed E-state index contributed by atoms with van der Waals surface area (Å²) in [6, 6.07) is 10.3. The predicted molar refractivity (Wildman–Crippen MR) is 108 cm³/mol. The Hall–Kier alpha value is -3.26. The predicted octanol–water partition coefficient (Wildman–Crippen LogP) is 2.89. The average Bonchev–Trinajstić information content (AvgIpc) is 3.18. The molecule has 0 bridgehead atoms. The number of nitrogens with one attached hydrogen (secondary N) is 1. The number of fused-ring (bicyclic) bond motifs is 1. The van der Waals surface area contributed by atoms with Crippen molar-refractivity contribution in [2.75, 3.05) is 16.8 Å². The first-order valence-corrected chi connectivity index (χ1v) is 9.41. The standard InChI is InChI=1S/C20H18ClN5O3/c1-11-5-3-6-12(2)16(11)22-15(27)10-25-18-17(23-24-25)19(28)26(20(18)29)14-8-4-7-13(21)9-14/h3-9,17-18H,10H2,1-2H3,(H,22,27)/t17-,18-/m1/s1. The molecule has 29 heavy (non-hydrogen) atoms. The maximum Gasteiger partial charge on any atom is 0.263 e. The van der Waals surface area contributed by atoms with Crippen LogP contribution in [-0.4, -0.2) is 41.4 Å². The number of hydrogen-bond acceptors (Lipinski definition) is 6. The van der Waals surface area contributed by atoms with Crippen LogP contribution in [0.15, 0.2) is 52.8 Å². The molecule has 0 spiro atoms. The third kappa shape index (κ3) is 3.36. The molecule has 2 atom stereocenters. The number of rotatable bonds is 4. The summed E-state index contributed by atoms with van der Waals surface area (Å²) in [6.07, 6.45) is 0. The number of imide groups is 1. The second kappa shape index (κ2) is 7.29. The van der Waals surface area contributed by atoms with Gasteiger partial charge in [-0.25, -0.2) is 4.90 Å². The molecule has 2 aliphatic rings. The molecule has 0 radical (unpaired) electrons. The van der Waals surface area contributed by atoms with Crippen molar-refractivity contribution in [3.05, 3.63) is 58.6 Å². The van der Waals surface area contributed by atoms with Gasteiger partial charge in [0.05, 0.1) is 5.69 Å². The van der Waals surface area contributed by atoms with Crippen LogP contribution >= 0.6 is 11.6 Å². The van der Waals surface area contributed by atoms with Gasteiger partial charge in [-0.1, -0.05) is 41.1 Å². The maximum absolute atomic E-state index is 12.9. The molecule has 2 aliphatic heterocycles. The fraction of sp³-hybridized carbons (Fsp3) is 0.250. The smallest absolute Gasteiger partial charge is 0.263 e. The molecule has 1 N–H and O–H groups in total. The van der Waals surface area contributed by atoms with E-state index in [0.29, 0.717) is 10.7 Å². The number of aryl methyl sites for hydroxylation is 2. The molecule has 9 heteroatoms. The van der Waals surface area contributed by atoms with Crippen LogP contribution in [0.2, 0.25) is 5.02 Å². The highest BCUT2D eigenvalue weighted by Crippen LogP contribution is 2.32. The highest BCUT2D eigenvalue weighted by atomic mass is 35.5. The van der Waals surface area contributed by atoms with Crippen molar-refractivity contribution in [2.45, 2.75) is 25.9 Å². The van der Waals surface area contributed by atoms with E-state index in [1.165, 1.54) is 11.1 Å². The highest BCUT2D eigenvalue weighted by Gasteiger charge is 2.55. The molecule has 0 aromatic heterocycles. The number of nitrogens with zero attached hydrogens (tertiary/aromatic N) is 4. The number of carbonyl (C=O) groups is 3. The minimum Gasteiger partial charge on any atom is -0.324 e. The monoisotopic (exact) mass is 411 g/mol. The van der Waals surface area contributed by atoms with Crippen molar-refractivity contribution in [3.63, 3.8) is 0 Å². The lowest BCUT2D eigenvalue weighted by Crippen LogP contribution is -2.43. The average molecular weight is 412 g/mol. The van der Waals surface area contributed by atoms with E-state index in [4.69, 9.17) is 11.6 Å². The summed E-state index contributed by atoms with van der Waals surface area (Å²) in [7, 11) is 0. The molecule has 2 aromatic rings. The first-order valence-electron chi connectivity index (χ1n) is 9.03. The Labute approximate surface area is 172 Å². The Bertz CT molecular complexity index is 1030. The Morgan fingerprint density at radius 2 is 1.79 bits per heavy atom. The Kier molecular flexibility index (Phi) is 4.79. The van der Waals surface area contributed by atoms with Crippen LogP contribution in [0.4, 0.5) is 11.4 Å². The summed E-state index contributed by atoms with van der Waals surface area (Å²) >= 11 is 5.98. The molecular weight excluding hydrogens is 394 g/mol. The van der Waals surface area contributed by atoms with Crippen molar-refractivity contribution in [3.8, 4) is 0 Å². The van der Waals surface area contributed by atoms with Crippen LogP contribution in [-0.2, 0) is 14.4 Å². The molecule has 148 valence electrons. The molecule has 2 heterocycles. The van der Waals surface area contributed by atoms with Crippen molar-refractivity contribution in [2.24, 2.45) is 10.3 Å². The van der Waals surface area contributed by atoms with E-state index in [-0.39, 0.29) is 12.5 Å². The minimum atomic E-state index is -0.963. The van der Waals surface area contributed by atoms with E-state index < -0.39 is 23.9 Å². The number of para-hydroxylation sites is 1. The molecule has 0 saturated carbocycles. The summed E-state index contributed by atoms with van der Waals surface area (Å²) in [6.45, 7) is 3.60. The van der Waals surface area contributed by atoms with Crippen LogP contribution in [0.5, 0.6) is 0 Å². The first-order chi connectivity index (χ1) is 13.9. The Morgan fingerprint density at radius 1 is 1.10 bits per heavy atom. The maximum atomic E-state index is 12.9. The van der Waals surface area contributed by atoms with Gasteiger partial charge in [0.25, 0.3) is 11.8 Å². The largest absolute Gasteiger partial charge is 0.324 e. The lowest BCUT2D eigenvalue weighted by atomic mass is 10.1. The van der Waals surface area contributed by atoms with E-state index in [1.807, 2.05) is 32.0 Å². The fourth-order valence-electron chi connectivity index (χ4n) is 3.56. The molecule has 0 unspecified atom stereocenters. The van der Waals surface area contributed by atoms with Gasteiger partial charge in [0.1, 0.15) is 6.54 Å². The molecule has 1 saturated heterocycles. The number of carbonyl (C=O) groups excluding carboxylic acids is 3. The van der Waals surface area contributed by atoms with Gasteiger partial charge in [0.15, 0.2) is 12.1 Å². The minimum absolute atomic E-state index is 0.194. The van der Waals surface area contributed by atoms with Crippen molar-refractivity contribution in [1.82, 2.24) is 5.01 Å². The van der Waals surface area contributed by atoms with Gasteiger partial charge in [-0.05, 0) is 43.2 Å². The number of hydrogen-bond donors (Lipinski definition) is 1. The zero-order valence-corrected chi connectivity index (χ0v) is 16.6. The topological polar surface area (TPSA) is 94.4 Å². The van der Waals surface area contributed by atoms with Gasteiger partial charge in [-0.2, -0.15) is 5.11 Å². The van der Waals surface area contributed by atoms with Crippen LogP contribution in [0.1, 0.15) is 11.1 Å². The lowest BCUT2D eigenvalue weighted by molar-refractivity contribution is -0.123. The van der Waals surface area contributed by atoms with E-state index in [0.717, 1.165) is 21.7 Å². The normalized spacial score (nSPS) is 20.4. The summed E-state index contributed by atoms with van der Waals surface area (Å²) < 4.78 is 0.